The molecule has 0 fully saturated rings. The molecule has 0 aliphatic carbocycles. The molecule has 0 saturated carbocycles. The van der Waals surface area contributed by atoms with Crippen LogP contribution in [0.4, 0.5) is 11.6 Å². The van der Waals surface area contributed by atoms with Crippen LogP contribution in [0.15, 0.2) is 36.7 Å². The molecule has 0 radical (unpaired) electrons. The summed E-state index contributed by atoms with van der Waals surface area (Å²) in [4.78, 5) is 19.4. The number of amides is 1. The van der Waals surface area contributed by atoms with Crippen LogP contribution in [-0.2, 0) is 0 Å². The van der Waals surface area contributed by atoms with E-state index in [-0.39, 0.29) is 11.9 Å². The first-order valence-electron chi connectivity index (χ1n) is 5.22. The van der Waals surface area contributed by atoms with Crippen LogP contribution < -0.4 is 15.8 Å². The lowest BCUT2D eigenvalue weighted by molar-refractivity contribution is 0.102. The standard InChI is InChI=1S/C12H12N4O2/c1-18-10-4-2-8(3-5-10)11(17)16-9-6-14-12(13)15-7-9/h2-7H,1H3,(H,16,17)(H2,13,14,15). The van der Waals surface area contributed by atoms with Crippen LogP contribution in [0.5, 0.6) is 5.75 Å². The molecule has 2 aromatic rings. The average Bonchev–Trinajstić information content (AvgIpc) is 2.41. The maximum Gasteiger partial charge on any atom is 0.255 e. The minimum atomic E-state index is -0.244. The molecular weight excluding hydrogens is 232 g/mol. The Kier molecular flexibility index (Phi) is 3.38. The molecule has 0 atom stereocenters. The summed E-state index contributed by atoms with van der Waals surface area (Å²) in [6, 6.07) is 6.78. The van der Waals surface area contributed by atoms with Gasteiger partial charge >= 0.3 is 0 Å². The molecule has 3 N–H and O–H groups in total. The molecule has 92 valence electrons. The van der Waals surface area contributed by atoms with E-state index >= 15 is 0 Å². The van der Waals surface area contributed by atoms with Gasteiger partial charge in [-0.3, -0.25) is 4.79 Å². The number of nitrogens with two attached hydrogens (primary N) is 1. The van der Waals surface area contributed by atoms with Gasteiger partial charge in [0.15, 0.2) is 0 Å². The molecule has 0 saturated heterocycles. The SMILES string of the molecule is COc1ccc(C(=O)Nc2cnc(N)nc2)cc1. The van der Waals surface area contributed by atoms with E-state index in [9.17, 15) is 4.79 Å². The van der Waals surface area contributed by atoms with Gasteiger partial charge in [-0.1, -0.05) is 0 Å². The van der Waals surface area contributed by atoms with Crippen molar-refractivity contribution in [3.63, 3.8) is 0 Å². The molecule has 1 aromatic carbocycles. The number of anilines is 2. The highest BCUT2D eigenvalue weighted by molar-refractivity contribution is 6.04. The van der Waals surface area contributed by atoms with Gasteiger partial charge in [-0.15, -0.1) is 0 Å². The fraction of sp³-hybridized carbons (Fsp3) is 0.0833. The summed E-state index contributed by atoms with van der Waals surface area (Å²) < 4.78 is 5.01. The van der Waals surface area contributed by atoms with Crippen LogP contribution in [0.2, 0.25) is 0 Å². The number of carbonyl (C=O) groups excluding carboxylic acids is 1. The molecule has 1 amide bonds. The van der Waals surface area contributed by atoms with Gasteiger partial charge in [-0.2, -0.15) is 0 Å². The molecule has 2 rings (SSSR count). The van der Waals surface area contributed by atoms with E-state index in [2.05, 4.69) is 15.3 Å². The summed E-state index contributed by atoms with van der Waals surface area (Å²) in [5.74, 6) is 0.617. The molecule has 0 aliphatic rings. The lowest BCUT2D eigenvalue weighted by atomic mass is 10.2. The highest BCUT2D eigenvalue weighted by Gasteiger charge is 2.06. The van der Waals surface area contributed by atoms with Crippen molar-refractivity contribution in [2.45, 2.75) is 0 Å². The monoisotopic (exact) mass is 244 g/mol. The second-order valence-corrected chi connectivity index (χ2v) is 3.51. The topological polar surface area (TPSA) is 90.1 Å². The maximum atomic E-state index is 11.9. The summed E-state index contributed by atoms with van der Waals surface area (Å²) in [6.45, 7) is 0. The van der Waals surface area contributed by atoms with E-state index in [1.54, 1.807) is 31.4 Å². The fourth-order valence-electron chi connectivity index (χ4n) is 1.35. The number of hydrogen-bond acceptors (Lipinski definition) is 5. The zero-order valence-electron chi connectivity index (χ0n) is 9.75. The van der Waals surface area contributed by atoms with E-state index in [0.717, 1.165) is 0 Å². The Hall–Kier alpha value is -2.63. The molecule has 0 unspecified atom stereocenters. The van der Waals surface area contributed by atoms with Crippen LogP contribution >= 0.6 is 0 Å². The molecule has 0 bridgehead atoms. The zero-order valence-corrected chi connectivity index (χ0v) is 9.75. The third-order valence-corrected chi connectivity index (χ3v) is 2.28. The van der Waals surface area contributed by atoms with Crippen LogP contribution in [0.1, 0.15) is 10.4 Å². The maximum absolute atomic E-state index is 11.9. The van der Waals surface area contributed by atoms with Crippen molar-refractivity contribution in [3.8, 4) is 5.75 Å². The lowest BCUT2D eigenvalue weighted by Gasteiger charge is -2.05. The third-order valence-electron chi connectivity index (χ3n) is 2.28. The Morgan fingerprint density at radius 2 is 1.83 bits per heavy atom. The lowest BCUT2D eigenvalue weighted by Crippen LogP contribution is -2.12. The van der Waals surface area contributed by atoms with Crippen molar-refractivity contribution in [1.82, 2.24) is 9.97 Å². The summed E-state index contributed by atoms with van der Waals surface area (Å²) >= 11 is 0. The number of hydrogen-bond donors (Lipinski definition) is 2. The Morgan fingerprint density at radius 3 is 2.39 bits per heavy atom. The van der Waals surface area contributed by atoms with E-state index in [1.807, 2.05) is 0 Å². The highest BCUT2D eigenvalue weighted by atomic mass is 16.5. The number of aromatic nitrogens is 2. The number of methoxy groups -OCH3 is 1. The van der Waals surface area contributed by atoms with Gasteiger partial charge in [0.25, 0.3) is 5.91 Å². The van der Waals surface area contributed by atoms with Gasteiger partial charge < -0.3 is 15.8 Å². The third kappa shape index (κ3) is 2.73. The summed E-state index contributed by atoms with van der Waals surface area (Å²) in [6.07, 6.45) is 2.90. The second kappa shape index (κ2) is 5.13. The predicted octanol–water partition coefficient (Wildman–Crippen LogP) is 1.32. The first-order valence-corrected chi connectivity index (χ1v) is 5.22. The van der Waals surface area contributed by atoms with Gasteiger partial charge in [0, 0.05) is 5.56 Å². The normalized spacial score (nSPS) is 9.83. The summed E-state index contributed by atoms with van der Waals surface area (Å²) in [7, 11) is 1.57. The van der Waals surface area contributed by atoms with E-state index in [4.69, 9.17) is 10.5 Å². The van der Waals surface area contributed by atoms with Gasteiger partial charge in [0.2, 0.25) is 5.95 Å². The first-order chi connectivity index (χ1) is 8.69. The number of carbonyl (C=O) groups is 1. The smallest absolute Gasteiger partial charge is 0.255 e. The quantitative estimate of drug-likeness (QED) is 0.849. The number of benzene rings is 1. The van der Waals surface area contributed by atoms with Crippen LogP contribution in [0, 0.1) is 0 Å². The van der Waals surface area contributed by atoms with Crippen molar-refractivity contribution < 1.29 is 9.53 Å². The Bertz CT molecular complexity index is 537. The summed E-state index contributed by atoms with van der Waals surface area (Å²) in [5, 5.41) is 2.66. The largest absolute Gasteiger partial charge is 0.497 e. The van der Waals surface area contributed by atoms with Crippen molar-refractivity contribution >= 4 is 17.5 Å². The molecular formula is C12H12N4O2. The van der Waals surface area contributed by atoms with Crippen molar-refractivity contribution in [2.24, 2.45) is 0 Å². The van der Waals surface area contributed by atoms with E-state index in [0.29, 0.717) is 17.0 Å². The molecule has 18 heavy (non-hydrogen) atoms. The van der Waals surface area contributed by atoms with E-state index in [1.165, 1.54) is 12.4 Å². The fourth-order valence-corrected chi connectivity index (χ4v) is 1.35. The molecule has 6 nitrogen and oxygen atoms in total. The van der Waals surface area contributed by atoms with Crippen molar-refractivity contribution in [2.75, 3.05) is 18.2 Å². The van der Waals surface area contributed by atoms with Crippen LogP contribution in [0.3, 0.4) is 0 Å². The zero-order chi connectivity index (χ0) is 13.0. The van der Waals surface area contributed by atoms with Gasteiger partial charge in [0.05, 0.1) is 25.2 Å². The number of nitrogen functional groups attached to an aromatic ring is 1. The van der Waals surface area contributed by atoms with Crippen molar-refractivity contribution in [1.29, 1.82) is 0 Å². The Morgan fingerprint density at radius 1 is 1.22 bits per heavy atom. The van der Waals surface area contributed by atoms with Gasteiger partial charge in [-0.25, -0.2) is 9.97 Å². The Balaban J connectivity index is 2.09. The number of ether oxygens (including phenoxy) is 1. The van der Waals surface area contributed by atoms with Crippen LogP contribution in [0.25, 0.3) is 0 Å². The van der Waals surface area contributed by atoms with Crippen LogP contribution in [-0.4, -0.2) is 23.0 Å². The molecule has 0 spiro atoms. The molecule has 0 aliphatic heterocycles. The summed E-state index contributed by atoms with van der Waals surface area (Å²) in [5.41, 5.74) is 6.36. The molecule has 1 aromatic heterocycles. The van der Waals surface area contributed by atoms with E-state index < -0.39 is 0 Å². The minimum absolute atomic E-state index is 0.164. The van der Waals surface area contributed by atoms with Gasteiger partial charge in [-0.05, 0) is 24.3 Å². The minimum Gasteiger partial charge on any atom is -0.497 e. The Labute approximate surface area is 104 Å². The number of nitrogens with one attached hydrogen (secondary N) is 1. The predicted molar refractivity (Wildman–Crippen MR) is 67.4 cm³/mol. The molecule has 1 heterocycles. The average molecular weight is 244 g/mol. The number of nitrogens with zero attached hydrogens (tertiary/aromatic N) is 2. The molecule has 6 heteroatoms. The van der Waals surface area contributed by atoms with Crippen molar-refractivity contribution in [3.05, 3.63) is 42.2 Å². The van der Waals surface area contributed by atoms with Gasteiger partial charge in [0.1, 0.15) is 5.75 Å². The number of rotatable bonds is 3. The first kappa shape index (κ1) is 11.8. The highest BCUT2D eigenvalue weighted by Crippen LogP contribution is 2.13. The second-order valence-electron chi connectivity index (χ2n) is 3.51.